The van der Waals surface area contributed by atoms with E-state index in [0.29, 0.717) is 24.6 Å². The average Bonchev–Trinajstić information content (AvgIpc) is 2.37. The lowest BCUT2D eigenvalue weighted by Crippen LogP contribution is -2.27. The van der Waals surface area contributed by atoms with E-state index in [1.165, 1.54) is 0 Å². The van der Waals surface area contributed by atoms with Crippen LogP contribution in [0.25, 0.3) is 0 Å². The third-order valence-electron chi connectivity index (χ3n) is 2.31. The Bertz CT molecular complexity index is 380. The molecular weight excluding hydrogens is 230 g/mol. The number of hydrogen-bond acceptors (Lipinski definition) is 4. The van der Waals surface area contributed by atoms with Crippen molar-refractivity contribution < 1.29 is 9.53 Å². The van der Waals surface area contributed by atoms with E-state index in [2.05, 4.69) is 29.5 Å². The minimum atomic E-state index is -0.109. The first kappa shape index (κ1) is 14.4. The van der Waals surface area contributed by atoms with Gasteiger partial charge in [-0.25, -0.2) is 4.98 Å². The molecule has 2 N–H and O–H groups in total. The van der Waals surface area contributed by atoms with Crippen LogP contribution in [0.3, 0.4) is 0 Å². The number of amides is 1. The number of carbonyl (C=O) groups is 1. The summed E-state index contributed by atoms with van der Waals surface area (Å²) in [5, 5.41) is 5.96. The van der Waals surface area contributed by atoms with Crippen LogP contribution < -0.4 is 10.6 Å². The molecule has 0 spiro atoms. The first-order chi connectivity index (χ1) is 8.63. The molecule has 18 heavy (non-hydrogen) atoms. The van der Waals surface area contributed by atoms with Crippen molar-refractivity contribution in [1.82, 2.24) is 10.3 Å². The standard InChI is InChI=1S/C13H21N3O2/c1-10(2)9-16-12-8-11(4-5-14-12)13(17)15-6-7-18-3/h4-5,8,10H,6-7,9H2,1-3H3,(H,14,16)(H,15,17). The van der Waals surface area contributed by atoms with E-state index in [0.717, 1.165) is 12.4 Å². The highest BCUT2D eigenvalue weighted by Crippen LogP contribution is 2.07. The van der Waals surface area contributed by atoms with Gasteiger partial charge in [0, 0.05) is 32.0 Å². The summed E-state index contributed by atoms with van der Waals surface area (Å²) >= 11 is 0. The zero-order valence-corrected chi connectivity index (χ0v) is 11.2. The zero-order valence-electron chi connectivity index (χ0n) is 11.2. The van der Waals surface area contributed by atoms with Gasteiger partial charge in [0.1, 0.15) is 5.82 Å². The quantitative estimate of drug-likeness (QED) is 0.721. The molecule has 0 radical (unpaired) electrons. The monoisotopic (exact) mass is 251 g/mol. The van der Waals surface area contributed by atoms with Crippen LogP contribution in [-0.2, 0) is 4.74 Å². The van der Waals surface area contributed by atoms with Crippen molar-refractivity contribution in [2.45, 2.75) is 13.8 Å². The minimum absolute atomic E-state index is 0.109. The summed E-state index contributed by atoms with van der Waals surface area (Å²) in [6.07, 6.45) is 1.63. The van der Waals surface area contributed by atoms with Gasteiger partial charge in [-0.1, -0.05) is 13.8 Å². The Balaban J connectivity index is 2.55. The van der Waals surface area contributed by atoms with Crippen molar-refractivity contribution in [2.75, 3.05) is 32.1 Å². The predicted octanol–water partition coefficient (Wildman–Crippen LogP) is 1.53. The molecule has 0 aromatic carbocycles. The molecule has 1 amide bonds. The smallest absolute Gasteiger partial charge is 0.251 e. The second kappa shape index (κ2) is 7.66. The first-order valence-corrected chi connectivity index (χ1v) is 6.10. The molecule has 0 aliphatic carbocycles. The Kier molecular flexibility index (Phi) is 6.14. The van der Waals surface area contributed by atoms with Gasteiger partial charge in [-0.2, -0.15) is 0 Å². The number of nitrogens with one attached hydrogen (secondary N) is 2. The van der Waals surface area contributed by atoms with Crippen molar-refractivity contribution in [1.29, 1.82) is 0 Å². The largest absolute Gasteiger partial charge is 0.383 e. The van der Waals surface area contributed by atoms with Gasteiger partial charge in [-0.3, -0.25) is 4.79 Å². The van der Waals surface area contributed by atoms with Crippen molar-refractivity contribution >= 4 is 11.7 Å². The number of nitrogens with zero attached hydrogens (tertiary/aromatic N) is 1. The van der Waals surface area contributed by atoms with E-state index in [-0.39, 0.29) is 5.91 Å². The highest BCUT2D eigenvalue weighted by molar-refractivity contribution is 5.94. The van der Waals surface area contributed by atoms with Crippen LogP contribution in [0.1, 0.15) is 24.2 Å². The second-order valence-corrected chi connectivity index (χ2v) is 4.45. The molecule has 0 fully saturated rings. The molecule has 100 valence electrons. The molecule has 0 atom stereocenters. The van der Waals surface area contributed by atoms with Crippen molar-refractivity contribution in [2.24, 2.45) is 5.92 Å². The number of methoxy groups -OCH3 is 1. The molecule has 5 nitrogen and oxygen atoms in total. The second-order valence-electron chi connectivity index (χ2n) is 4.45. The molecule has 0 saturated heterocycles. The van der Waals surface area contributed by atoms with E-state index >= 15 is 0 Å². The normalized spacial score (nSPS) is 10.4. The molecule has 0 aliphatic rings. The maximum absolute atomic E-state index is 11.8. The van der Waals surface area contributed by atoms with Crippen LogP contribution in [0.4, 0.5) is 5.82 Å². The zero-order chi connectivity index (χ0) is 13.4. The fraction of sp³-hybridized carbons (Fsp3) is 0.538. The van der Waals surface area contributed by atoms with Gasteiger partial charge in [0.25, 0.3) is 5.91 Å². The lowest BCUT2D eigenvalue weighted by molar-refractivity contribution is 0.0937. The van der Waals surface area contributed by atoms with E-state index < -0.39 is 0 Å². The van der Waals surface area contributed by atoms with Crippen LogP contribution in [0.5, 0.6) is 0 Å². The Morgan fingerprint density at radius 1 is 1.50 bits per heavy atom. The molecule has 5 heteroatoms. The summed E-state index contributed by atoms with van der Waals surface area (Å²) in [7, 11) is 1.60. The number of pyridine rings is 1. The van der Waals surface area contributed by atoms with Crippen molar-refractivity contribution in [3.8, 4) is 0 Å². The summed E-state index contributed by atoms with van der Waals surface area (Å²) in [5.74, 6) is 1.15. The van der Waals surface area contributed by atoms with E-state index in [9.17, 15) is 4.79 Å². The van der Waals surface area contributed by atoms with Gasteiger partial charge in [-0.05, 0) is 18.1 Å². The fourth-order valence-electron chi connectivity index (χ4n) is 1.35. The lowest BCUT2D eigenvalue weighted by Gasteiger charge is -2.09. The van der Waals surface area contributed by atoms with Gasteiger partial charge in [0.05, 0.1) is 6.61 Å². The number of hydrogen-bond donors (Lipinski definition) is 2. The molecule has 1 aromatic heterocycles. The molecule has 0 unspecified atom stereocenters. The third-order valence-corrected chi connectivity index (χ3v) is 2.31. The van der Waals surface area contributed by atoms with E-state index in [1.807, 2.05) is 0 Å². The minimum Gasteiger partial charge on any atom is -0.383 e. The van der Waals surface area contributed by atoms with Crippen LogP contribution in [0, 0.1) is 5.92 Å². The van der Waals surface area contributed by atoms with Crippen molar-refractivity contribution in [3.05, 3.63) is 23.9 Å². The highest BCUT2D eigenvalue weighted by atomic mass is 16.5. The molecule has 0 bridgehead atoms. The topological polar surface area (TPSA) is 63.2 Å². The summed E-state index contributed by atoms with van der Waals surface area (Å²) in [6.45, 7) is 6.09. The van der Waals surface area contributed by atoms with Crippen LogP contribution in [0.15, 0.2) is 18.3 Å². The maximum Gasteiger partial charge on any atom is 0.251 e. The molecule has 1 rings (SSSR count). The molecule has 1 aromatic rings. The number of rotatable bonds is 7. The summed E-state index contributed by atoms with van der Waals surface area (Å²) in [6, 6.07) is 3.45. The van der Waals surface area contributed by atoms with Gasteiger partial charge in [0.15, 0.2) is 0 Å². The fourth-order valence-corrected chi connectivity index (χ4v) is 1.35. The maximum atomic E-state index is 11.8. The lowest BCUT2D eigenvalue weighted by atomic mass is 10.2. The number of aromatic nitrogens is 1. The first-order valence-electron chi connectivity index (χ1n) is 6.10. The third kappa shape index (κ3) is 5.14. The highest BCUT2D eigenvalue weighted by Gasteiger charge is 2.06. The summed E-state index contributed by atoms with van der Waals surface area (Å²) < 4.78 is 4.88. The van der Waals surface area contributed by atoms with Crippen LogP contribution in [0.2, 0.25) is 0 Å². The molecule has 0 aliphatic heterocycles. The van der Waals surface area contributed by atoms with Gasteiger partial charge >= 0.3 is 0 Å². The van der Waals surface area contributed by atoms with E-state index in [4.69, 9.17) is 4.74 Å². The molecular formula is C13H21N3O2. The Hall–Kier alpha value is -1.62. The Morgan fingerprint density at radius 2 is 2.28 bits per heavy atom. The van der Waals surface area contributed by atoms with Gasteiger partial charge < -0.3 is 15.4 Å². The van der Waals surface area contributed by atoms with E-state index in [1.54, 1.807) is 25.4 Å². The Morgan fingerprint density at radius 3 is 2.94 bits per heavy atom. The SMILES string of the molecule is COCCNC(=O)c1ccnc(NCC(C)C)c1. The average molecular weight is 251 g/mol. The summed E-state index contributed by atoms with van der Waals surface area (Å²) in [4.78, 5) is 16.0. The number of anilines is 1. The number of ether oxygens (including phenoxy) is 1. The Labute approximate surface area is 108 Å². The molecule has 0 saturated carbocycles. The van der Waals surface area contributed by atoms with Gasteiger partial charge in [-0.15, -0.1) is 0 Å². The van der Waals surface area contributed by atoms with Crippen LogP contribution >= 0.6 is 0 Å². The summed E-state index contributed by atoms with van der Waals surface area (Å²) in [5.41, 5.74) is 0.604. The number of carbonyl (C=O) groups excluding carboxylic acids is 1. The van der Waals surface area contributed by atoms with Crippen LogP contribution in [-0.4, -0.2) is 37.7 Å². The predicted molar refractivity (Wildman–Crippen MR) is 71.8 cm³/mol. The van der Waals surface area contributed by atoms with Crippen molar-refractivity contribution in [3.63, 3.8) is 0 Å². The van der Waals surface area contributed by atoms with Gasteiger partial charge in [0.2, 0.25) is 0 Å². The molecule has 1 heterocycles.